The van der Waals surface area contributed by atoms with Crippen LogP contribution >= 0.6 is 0 Å². The number of ketones is 1. The maximum atomic E-state index is 11.6. The molecular weight excluding hydrogens is 268 g/mol. The molecule has 1 aromatic rings. The Balaban J connectivity index is 2.21. The Bertz CT molecular complexity index is 457. The van der Waals surface area contributed by atoms with Crippen LogP contribution in [0.1, 0.15) is 51.0 Å². The van der Waals surface area contributed by atoms with Gasteiger partial charge in [-0.15, -0.1) is 0 Å². The van der Waals surface area contributed by atoms with Crippen LogP contribution in [-0.4, -0.2) is 27.2 Å². The van der Waals surface area contributed by atoms with Gasteiger partial charge in [0, 0.05) is 18.9 Å². The van der Waals surface area contributed by atoms with Gasteiger partial charge in [-0.05, 0) is 50.3 Å². The maximum absolute atomic E-state index is 11.6. The van der Waals surface area contributed by atoms with E-state index in [1.165, 1.54) is 6.07 Å². The quantitative estimate of drug-likeness (QED) is 0.610. The van der Waals surface area contributed by atoms with Crippen LogP contribution in [0.2, 0.25) is 0 Å². The van der Waals surface area contributed by atoms with Gasteiger partial charge in [0.2, 0.25) is 0 Å². The Labute approximate surface area is 125 Å². The van der Waals surface area contributed by atoms with E-state index < -0.39 is 0 Å². The Morgan fingerprint density at radius 3 is 2.38 bits per heavy atom. The number of aliphatic hydroxyl groups excluding tert-OH is 1. The number of benzene rings is 1. The molecule has 0 unspecified atom stereocenters. The van der Waals surface area contributed by atoms with Crippen LogP contribution in [-0.2, 0) is 4.79 Å². The molecule has 4 heteroatoms. The number of hydrogen-bond acceptors (Lipinski definition) is 4. The van der Waals surface area contributed by atoms with Gasteiger partial charge in [-0.1, -0.05) is 12.2 Å². The number of aromatic hydroxyl groups is 2. The highest BCUT2D eigenvalue weighted by Gasteiger charge is 2.03. The zero-order chi connectivity index (χ0) is 15.7. The molecule has 0 spiro atoms. The van der Waals surface area contributed by atoms with Gasteiger partial charge >= 0.3 is 0 Å². The van der Waals surface area contributed by atoms with Crippen molar-refractivity contribution in [3.63, 3.8) is 0 Å². The van der Waals surface area contributed by atoms with E-state index in [-0.39, 0.29) is 23.4 Å². The van der Waals surface area contributed by atoms with E-state index in [0.29, 0.717) is 19.3 Å². The molecule has 4 nitrogen and oxygen atoms in total. The summed E-state index contributed by atoms with van der Waals surface area (Å²) in [6.07, 6.45) is 7.48. The van der Waals surface area contributed by atoms with Gasteiger partial charge in [-0.2, -0.15) is 0 Å². The Hall–Kier alpha value is -1.81. The van der Waals surface area contributed by atoms with Crippen molar-refractivity contribution in [2.45, 2.75) is 51.6 Å². The number of rotatable bonds is 9. The van der Waals surface area contributed by atoms with E-state index in [9.17, 15) is 15.0 Å². The lowest BCUT2D eigenvalue weighted by Crippen LogP contribution is -2.02. The van der Waals surface area contributed by atoms with Crippen LogP contribution < -0.4 is 0 Å². The van der Waals surface area contributed by atoms with Crippen molar-refractivity contribution in [3.05, 3.63) is 29.8 Å². The smallest absolute Gasteiger partial charge is 0.132 e. The summed E-state index contributed by atoms with van der Waals surface area (Å²) >= 11 is 0. The standard InChI is InChI=1S/C17H24O4/c1-13(18)6-5-9-15(19)8-4-2-3-7-14-10-16(20)12-17(21)11-14/h3,7,10-13,18,20-21H,2,4-6,8-9H2,1H3/b7-3+/t13-/m0/s1. The number of Topliss-reactive ketones (excluding diaryl/α,β-unsaturated/α-hetero) is 1. The summed E-state index contributed by atoms with van der Waals surface area (Å²) in [7, 11) is 0. The Kier molecular flexibility index (Phi) is 7.54. The van der Waals surface area contributed by atoms with Gasteiger partial charge in [0.1, 0.15) is 17.3 Å². The molecule has 0 aliphatic carbocycles. The highest BCUT2D eigenvalue weighted by atomic mass is 16.3. The summed E-state index contributed by atoms with van der Waals surface area (Å²) in [5, 5.41) is 27.8. The topological polar surface area (TPSA) is 77.8 Å². The van der Waals surface area contributed by atoms with Crippen molar-refractivity contribution in [2.24, 2.45) is 0 Å². The fourth-order valence-corrected chi connectivity index (χ4v) is 2.07. The molecule has 0 amide bonds. The average Bonchev–Trinajstić information content (AvgIpc) is 2.36. The normalized spacial score (nSPS) is 12.7. The molecule has 116 valence electrons. The van der Waals surface area contributed by atoms with Gasteiger partial charge in [0.15, 0.2) is 0 Å². The predicted molar refractivity (Wildman–Crippen MR) is 83.2 cm³/mol. The number of phenols is 2. The van der Waals surface area contributed by atoms with Crippen molar-refractivity contribution < 1.29 is 20.1 Å². The second-order valence-corrected chi connectivity index (χ2v) is 5.36. The van der Waals surface area contributed by atoms with Crippen molar-refractivity contribution in [3.8, 4) is 11.5 Å². The monoisotopic (exact) mass is 292 g/mol. The summed E-state index contributed by atoms with van der Waals surface area (Å²) in [5.74, 6) is 0.296. The predicted octanol–water partition coefficient (Wildman–Crippen LogP) is 3.40. The molecule has 3 N–H and O–H groups in total. The molecule has 0 fully saturated rings. The zero-order valence-corrected chi connectivity index (χ0v) is 12.5. The molecule has 0 aliphatic heterocycles. The molecule has 0 saturated heterocycles. The van der Waals surface area contributed by atoms with E-state index >= 15 is 0 Å². The molecule has 1 aromatic carbocycles. The lowest BCUT2D eigenvalue weighted by Gasteiger charge is -2.03. The second-order valence-electron chi connectivity index (χ2n) is 5.36. The van der Waals surface area contributed by atoms with Crippen LogP contribution in [0.3, 0.4) is 0 Å². The van der Waals surface area contributed by atoms with Crippen LogP contribution in [0.5, 0.6) is 11.5 Å². The maximum Gasteiger partial charge on any atom is 0.132 e. The van der Waals surface area contributed by atoms with E-state index in [1.807, 2.05) is 12.2 Å². The van der Waals surface area contributed by atoms with Crippen LogP contribution in [0, 0.1) is 0 Å². The summed E-state index contributed by atoms with van der Waals surface area (Å²) in [4.78, 5) is 11.6. The summed E-state index contributed by atoms with van der Waals surface area (Å²) < 4.78 is 0. The zero-order valence-electron chi connectivity index (χ0n) is 12.5. The van der Waals surface area contributed by atoms with Crippen LogP contribution in [0.15, 0.2) is 24.3 Å². The molecular formula is C17H24O4. The first kappa shape index (κ1) is 17.2. The van der Waals surface area contributed by atoms with Crippen molar-refractivity contribution in [2.75, 3.05) is 0 Å². The average molecular weight is 292 g/mol. The van der Waals surface area contributed by atoms with E-state index in [4.69, 9.17) is 5.11 Å². The fraction of sp³-hybridized carbons (Fsp3) is 0.471. The van der Waals surface area contributed by atoms with Gasteiger partial charge < -0.3 is 15.3 Å². The minimum absolute atomic E-state index is 0.0305. The number of carbonyl (C=O) groups excluding carboxylic acids is 1. The van der Waals surface area contributed by atoms with Gasteiger partial charge in [0.05, 0.1) is 6.10 Å². The van der Waals surface area contributed by atoms with E-state index in [1.54, 1.807) is 19.1 Å². The van der Waals surface area contributed by atoms with Crippen molar-refractivity contribution >= 4 is 11.9 Å². The van der Waals surface area contributed by atoms with E-state index in [2.05, 4.69) is 0 Å². The molecule has 0 saturated carbocycles. The molecule has 1 rings (SSSR count). The molecule has 0 aromatic heterocycles. The number of allylic oxidation sites excluding steroid dienone is 1. The minimum Gasteiger partial charge on any atom is -0.508 e. The number of aliphatic hydroxyl groups is 1. The Morgan fingerprint density at radius 2 is 1.76 bits per heavy atom. The lowest BCUT2D eigenvalue weighted by atomic mass is 10.1. The van der Waals surface area contributed by atoms with Crippen LogP contribution in [0.4, 0.5) is 0 Å². The second kappa shape index (κ2) is 9.19. The summed E-state index contributed by atoms with van der Waals surface area (Å²) in [6.45, 7) is 1.73. The van der Waals surface area contributed by atoms with E-state index in [0.717, 1.165) is 24.8 Å². The molecule has 0 heterocycles. The number of unbranched alkanes of at least 4 members (excludes halogenated alkanes) is 1. The van der Waals surface area contributed by atoms with Crippen molar-refractivity contribution in [1.82, 2.24) is 0 Å². The molecule has 1 atom stereocenters. The molecule has 0 bridgehead atoms. The lowest BCUT2D eigenvalue weighted by molar-refractivity contribution is -0.119. The molecule has 0 aliphatic rings. The number of carbonyl (C=O) groups is 1. The highest BCUT2D eigenvalue weighted by Crippen LogP contribution is 2.21. The third-order valence-electron chi connectivity index (χ3n) is 3.14. The van der Waals surface area contributed by atoms with Gasteiger partial charge in [-0.25, -0.2) is 0 Å². The first-order valence-corrected chi connectivity index (χ1v) is 7.36. The van der Waals surface area contributed by atoms with Gasteiger partial charge in [-0.3, -0.25) is 4.79 Å². The molecule has 0 radical (unpaired) electrons. The third-order valence-corrected chi connectivity index (χ3v) is 3.14. The third kappa shape index (κ3) is 8.15. The first-order chi connectivity index (χ1) is 9.97. The SMILES string of the molecule is C[C@H](O)CCCC(=O)CCC/C=C/c1cc(O)cc(O)c1. The van der Waals surface area contributed by atoms with Crippen molar-refractivity contribution in [1.29, 1.82) is 0 Å². The fourth-order valence-electron chi connectivity index (χ4n) is 2.07. The Morgan fingerprint density at radius 1 is 1.14 bits per heavy atom. The number of phenolic OH excluding ortho intramolecular Hbond substituents is 2. The van der Waals surface area contributed by atoms with Gasteiger partial charge in [0.25, 0.3) is 0 Å². The summed E-state index contributed by atoms with van der Waals surface area (Å²) in [5.41, 5.74) is 0.732. The van der Waals surface area contributed by atoms with Crippen LogP contribution in [0.25, 0.3) is 6.08 Å². The minimum atomic E-state index is -0.334. The largest absolute Gasteiger partial charge is 0.508 e. The first-order valence-electron chi connectivity index (χ1n) is 7.36. The summed E-state index contributed by atoms with van der Waals surface area (Å²) in [6, 6.07) is 4.41. The number of hydrogen-bond donors (Lipinski definition) is 3. The molecule has 21 heavy (non-hydrogen) atoms. The highest BCUT2D eigenvalue weighted by molar-refractivity contribution is 5.78.